The maximum absolute atomic E-state index is 15.3. The third-order valence-corrected chi connectivity index (χ3v) is 12.7. The van der Waals surface area contributed by atoms with Gasteiger partial charge >= 0.3 is 18.4 Å². The number of piperidine rings is 1. The summed E-state index contributed by atoms with van der Waals surface area (Å²) < 4.78 is 102. The summed E-state index contributed by atoms with van der Waals surface area (Å²) in [5.74, 6) is -9.00. The fourth-order valence-corrected chi connectivity index (χ4v) is 9.25. The van der Waals surface area contributed by atoms with Gasteiger partial charge in [0.25, 0.3) is 0 Å². The van der Waals surface area contributed by atoms with Crippen molar-refractivity contribution in [3.8, 4) is 17.2 Å². The number of carbonyl (C=O) groups excluding carboxylic acids is 2. The van der Waals surface area contributed by atoms with Gasteiger partial charge in [0.15, 0.2) is 17.2 Å². The first kappa shape index (κ1) is 44.7. The molecule has 2 saturated heterocycles. The second kappa shape index (κ2) is 13.8. The van der Waals surface area contributed by atoms with Crippen LogP contribution in [-0.4, -0.2) is 108 Å². The second-order valence-electron chi connectivity index (χ2n) is 16.6. The van der Waals surface area contributed by atoms with E-state index in [2.05, 4.69) is 0 Å². The standard InChI is InChI=1S/C38H51F7N4O7/c1-17-22(28(52)29(53)26(39)27(17)51)30-36(55,56)31(48-15-13-47(14-16-48)21(5)50)33(6,7)35(10,11)49(30)32(54)46(12)34(8,9)23-18(2)24(37(40,41)42)20(4)25(19(23)3)38(43,44)45/h30-31,51-53,55-56H,13-16H2,1-12H3. The first-order valence-electron chi connectivity index (χ1n) is 17.9. The maximum atomic E-state index is 15.3. The van der Waals surface area contributed by atoms with E-state index in [0.29, 0.717) is 0 Å². The number of halogens is 7. The van der Waals surface area contributed by atoms with Gasteiger partial charge in [0, 0.05) is 62.2 Å². The van der Waals surface area contributed by atoms with E-state index in [1.807, 2.05) is 0 Å². The Morgan fingerprint density at radius 1 is 0.732 bits per heavy atom. The van der Waals surface area contributed by atoms with Crippen molar-refractivity contribution in [2.45, 2.75) is 117 Å². The number of piperazine rings is 1. The van der Waals surface area contributed by atoms with E-state index in [1.165, 1.54) is 39.5 Å². The molecule has 0 aliphatic carbocycles. The van der Waals surface area contributed by atoms with E-state index in [-0.39, 0.29) is 32.1 Å². The smallest absolute Gasteiger partial charge is 0.416 e. The lowest BCUT2D eigenvalue weighted by Crippen LogP contribution is -2.80. The molecule has 0 saturated carbocycles. The molecule has 5 N–H and O–H groups in total. The van der Waals surface area contributed by atoms with Crippen LogP contribution in [0.4, 0.5) is 35.5 Å². The summed E-state index contributed by atoms with van der Waals surface area (Å²) in [5, 5.41) is 57.7. The number of benzene rings is 2. The number of phenolic OH excluding ortho intramolecular Hbond substituents is 3. The van der Waals surface area contributed by atoms with Crippen LogP contribution < -0.4 is 0 Å². The van der Waals surface area contributed by atoms with Crippen LogP contribution in [0.3, 0.4) is 0 Å². The van der Waals surface area contributed by atoms with Crippen molar-refractivity contribution < 1.29 is 65.9 Å². The van der Waals surface area contributed by atoms with Crippen LogP contribution >= 0.6 is 0 Å². The van der Waals surface area contributed by atoms with Gasteiger partial charge < -0.3 is 40.2 Å². The number of carbonyl (C=O) groups is 2. The fraction of sp³-hybridized carbons (Fsp3) is 0.632. The summed E-state index contributed by atoms with van der Waals surface area (Å²) in [6.45, 7) is 14.4. The zero-order valence-electron chi connectivity index (χ0n) is 33.5. The number of amides is 3. The number of aromatic hydroxyl groups is 3. The number of nitrogens with zero attached hydrogens (tertiary/aromatic N) is 4. The molecule has 0 radical (unpaired) electrons. The number of hydrogen-bond acceptors (Lipinski definition) is 8. The maximum Gasteiger partial charge on any atom is 0.416 e. The molecule has 2 atom stereocenters. The van der Waals surface area contributed by atoms with Gasteiger partial charge in [-0.3, -0.25) is 9.69 Å². The Hall–Kier alpha value is -4.03. The minimum Gasteiger partial charge on any atom is -0.505 e. The molecule has 2 aromatic carbocycles. The van der Waals surface area contributed by atoms with Gasteiger partial charge in [-0.1, -0.05) is 13.8 Å². The largest absolute Gasteiger partial charge is 0.505 e. The molecule has 2 aliphatic rings. The van der Waals surface area contributed by atoms with Gasteiger partial charge in [-0.25, -0.2) is 4.79 Å². The molecule has 18 heteroatoms. The minimum atomic E-state index is -5.24. The van der Waals surface area contributed by atoms with Crippen molar-refractivity contribution in [1.29, 1.82) is 0 Å². The number of likely N-dealkylation sites (tertiary alicyclic amines) is 1. The summed E-state index contributed by atoms with van der Waals surface area (Å²) in [6, 6.07) is -4.75. The summed E-state index contributed by atoms with van der Waals surface area (Å²) in [4.78, 5) is 32.3. The molecule has 2 aromatic rings. The quantitative estimate of drug-likeness (QED) is 0.101. The summed E-state index contributed by atoms with van der Waals surface area (Å²) in [6.07, 6.45) is -10.5. The first-order chi connectivity index (χ1) is 25.1. The number of alkyl halides is 6. The van der Waals surface area contributed by atoms with Crippen LogP contribution in [0, 0.1) is 38.9 Å². The molecule has 2 heterocycles. The summed E-state index contributed by atoms with van der Waals surface area (Å²) >= 11 is 0. The topological polar surface area (TPSA) is 148 Å². The van der Waals surface area contributed by atoms with Crippen LogP contribution in [0.2, 0.25) is 0 Å². The lowest BCUT2D eigenvalue weighted by Gasteiger charge is -2.67. The van der Waals surface area contributed by atoms with Crippen LogP contribution in [0.15, 0.2) is 0 Å². The predicted octanol–water partition coefficient (Wildman–Crippen LogP) is 6.58. The van der Waals surface area contributed by atoms with E-state index in [9.17, 15) is 61.1 Å². The predicted molar refractivity (Wildman–Crippen MR) is 190 cm³/mol. The monoisotopic (exact) mass is 808 g/mol. The number of aliphatic hydroxyl groups is 2. The Morgan fingerprint density at radius 2 is 1.16 bits per heavy atom. The number of urea groups is 1. The normalized spacial score (nSPS) is 21.7. The molecule has 4 rings (SSSR count). The van der Waals surface area contributed by atoms with Crippen LogP contribution in [0.25, 0.3) is 0 Å². The van der Waals surface area contributed by atoms with Crippen molar-refractivity contribution in [2.24, 2.45) is 5.41 Å². The minimum absolute atomic E-state index is 0.0974. The van der Waals surface area contributed by atoms with Crippen LogP contribution in [0.1, 0.15) is 99.0 Å². The zero-order valence-corrected chi connectivity index (χ0v) is 33.5. The average Bonchev–Trinajstić information content (AvgIpc) is 3.03. The molecule has 3 amide bonds. The molecule has 0 bridgehead atoms. The Morgan fingerprint density at radius 3 is 1.57 bits per heavy atom. The van der Waals surface area contributed by atoms with Gasteiger partial charge in [-0.2, -0.15) is 30.7 Å². The molecule has 56 heavy (non-hydrogen) atoms. The van der Waals surface area contributed by atoms with Gasteiger partial charge in [-0.15, -0.1) is 0 Å². The van der Waals surface area contributed by atoms with Gasteiger partial charge in [0.2, 0.25) is 17.5 Å². The molecule has 2 fully saturated rings. The Bertz CT molecular complexity index is 1860. The third kappa shape index (κ3) is 6.58. The number of rotatable bonds is 4. The average molecular weight is 809 g/mol. The van der Waals surface area contributed by atoms with Crippen LogP contribution in [-0.2, 0) is 22.7 Å². The lowest BCUT2D eigenvalue weighted by molar-refractivity contribution is -0.313. The highest BCUT2D eigenvalue weighted by Crippen LogP contribution is 2.60. The Labute approximate surface area is 320 Å². The van der Waals surface area contributed by atoms with Crippen molar-refractivity contribution in [2.75, 3.05) is 33.2 Å². The lowest BCUT2D eigenvalue weighted by atomic mass is 9.59. The highest BCUT2D eigenvalue weighted by atomic mass is 19.4. The SMILES string of the molecule is CC(=O)N1CCN(C2C(O)(O)C(c3c(C)c(O)c(F)c(O)c3O)N(C(=O)N(C)C(C)(C)c3c(C)c(C(F)(F)F)c(C)c(C(F)(F)F)c3C)C(C)(C)C2(C)C)CC1. The molecular formula is C38H51F7N4O7. The molecule has 314 valence electrons. The highest BCUT2D eigenvalue weighted by Gasteiger charge is 2.69. The first-order valence-corrected chi connectivity index (χ1v) is 17.9. The summed E-state index contributed by atoms with van der Waals surface area (Å²) in [7, 11) is 1.11. The highest BCUT2D eigenvalue weighted by molar-refractivity contribution is 5.79. The molecular weight excluding hydrogens is 757 g/mol. The van der Waals surface area contributed by atoms with E-state index in [0.717, 1.165) is 44.5 Å². The molecule has 2 unspecified atom stereocenters. The third-order valence-electron chi connectivity index (χ3n) is 12.7. The number of phenols is 3. The Kier molecular flexibility index (Phi) is 11.0. The molecule has 2 aliphatic heterocycles. The van der Waals surface area contributed by atoms with Crippen molar-refractivity contribution in [1.82, 2.24) is 19.6 Å². The van der Waals surface area contributed by atoms with Crippen molar-refractivity contribution in [3.63, 3.8) is 0 Å². The van der Waals surface area contributed by atoms with E-state index in [4.69, 9.17) is 0 Å². The molecule has 0 spiro atoms. The summed E-state index contributed by atoms with van der Waals surface area (Å²) in [5.41, 5.74) is -12.0. The van der Waals surface area contributed by atoms with Crippen LogP contribution in [0.5, 0.6) is 17.2 Å². The van der Waals surface area contributed by atoms with E-state index < -0.39 is 120 Å². The van der Waals surface area contributed by atoms with E-state index in [1.54, 1.807) is 18.7 Å². The fourth-order valence-electron chi connectivity index (χ4n) is 9.25. The number of hydrogen-bond donors (Lipinski definition) is 5. The van der Waals surface area contributed by atoms with Gasteiger partial charge in [-0.05, 0) is 77.6 Å². The molecule has 11 nitrogen and oxygen atoms in total. The van der Waals surface area contributed by atoms with Crippen molar-refractivity contribution >= 4 is 11.9 Å². The molecule has 0 aromatic heterocycles. The van der Waals surface area contributed by atoms with Crippen molar-refractivity contribution in [3.05, 3.63) is 50.3 Å². The van der Waals surface area contributed by atoms with E-state index >= 15 is 4.79 Å². The van der Waals surface area contributed by atoms with Gasteiger partial charge in [0.05, 0.1) is 22.7 Å². The second-order valence-corrected chi connectivity index (χ2v) is 16.6. The Balaban J connectivity index is 2.07. The zero-order chi connectivity index (χ0) is 43.4. The van der Waals surface area contributed by atoms with Gasteiger partial charge in [0.1, 0.15) is 6.04 Å².